The molecule has 5 nitrogen and oxygen atoms in total. The number of anilines is 1. The summed E-state index contributed by atoms with van der Waals surface area (Å²) in [7, 11) is 1.55. The van der Waals surface area contributed by atoms with Crippen molar-refractivity contribution < 1.29 is 14.3 Å². The first-order chi connectivity index (χ1) is 15.0. The lowest BCUT2D eigenvalue weighted by Crippen LogP contribution is -2.13. The van der Waals surface area contributed by atoms with Crippen molar-refractivity contribution in [3.63, 3.8) is 0 Å². The molecule has 0 aliphatic heterocycles. The lowest BCUT2D eigenvalue weighted by Gasteiger charge is -2.12. The second-order valence-corrected chi connectivity index (χ2v) is 7.73. The third-order valence-electron chi connectivity index (χ3n) is 4.48. The molecule has 0 aliphatic carbocycles. The number of aryl methyl sites for hydroxylation is 1. The van der Waals surface area contributed by atoms with Gasteiger partial charge in [-0.3, -0.25) is 4.79 Å². The molecule has 0 aromatic heterocycles. The van der Waals surface area contributed by atoms with Crippen molar-refractivity contribution in [3.8, 4) is 17.6 Å². The van der Waals surface area contributed by atoms with Crippen LogP contribution in [0.5, 0.6) is 11.5 Å². The minimum atomic E-state index is -0.483. The van der Waals surface area contributed by atoms with E-state index in [0.29, 0.717) is 29.4 Å². The van der Waals surface area contributed by atoms with Gasteiger partial charge in [0.2, 0.25) is 0 Å². The Bertz CT molecular complexity index is 1130. The van der Waals surface area contributed by atoms with E-state index in [1.165, 1.54) is 11.6 Å². The standard InChI is InChI=1S/C25H21BrN2O3/c1-17-3-5-18(6-4-17)16-31-23-12-7-19(14-24(23)30-2)13-20(15-27)25(29)28-22-10-8-21(26)9-11-22/h3-14H,16H2,1-2H3,(H,28,29)/b20-13-. The summed E-state index contributed by atoms with van der Waals surface area (Å²) in [6.07, 6.45) is 1.51. The molecule has 0 atom stereocenters. The van der Waals surface area contributed by atoms with Gasteiger partial charge in [0.1, 0.15) is 18.2 Å². The molecular weight excluding hydrogens is 456 g/mol. The van der Waals surface area contributed by atoms with Crippen molar-refractivity contribution in [2.75, 3.05) is 12.4 Å². The molecule has 3 rings (SSSR count). The van der Waals surface area contributed by atoms with Gasteiger partial charge in [-0.2, -0.15) is 5.26 Å². The number of halogens is 1. The normalized spacial score (nSPS) is 10.8. The van der Waals surface area contributed by atoms with Gasteiger partial charge < -0.3 is 14.8 Å². The van der Waals surface area contributed by atoms with E-state index in [9.17, 15) is 10.1 Å². The molecule has 31 heavy (non-hydrogen) atoms. The smallest absolute Gasteiger partial charge is 0.266 e. The van der Waals surface area contributed by atoms with E-state index in [0.717, 1.165) is 10.0 Å². The maximum atomic E-state index is 12.5. The summed E-state index contributed by atoms with van der Waals surface area (Å²) < 4.78 is 12.2. The number of ether oxygens (including phenoxy) is 2. The number of methoxy groups -OCH3 is 1. The van der Waals surface area contributed by atoms with E-state index < -0.39 is 5.91 Å². The molecule has 0 fully saturated rings. The van der Waals surface area contributed by atoms with Crippen LogP contribution in [0.15, 0.2) is 76.8 Å². The van der Waals surface area contributed by atoms with Crippen molar-refractivity contribution in [1.82, 2.24) is 0 Å². The molecule has 1 amide bonds. The zero-order valence-corrected chi connectivity index (χ0v) is 18.8. The molecule has 0 unspecified atom stereocenters. The summed E-state index contributed by atoms with van der Waals surface area (Å²) in [5.41, 5.74) is 3.48. The Balaban J connectivity index is 1.74. The Kier molecular flexibility index (Phi) is 7.47. The van der Waals surface area contributed by atoms with Crippen LogP contribution in [0, 0.1) is 18.3 Å². The highest BCUT2D eigenvalue weighted by molar-refractivity contribution is 9.10. The third-order valence-corrected chi connectivity index (χ3v) is 5.01. The Morgan fingerprint density at radius 1 is 1.06 bits per heavy atom. The molecule has 0 aliphatic rings. The third kappa shape index (κ3) is 6.21. The fourth-order valence-electron chi connectivity index (χ4n) is 2.79. The summed E-state index contributed by atoms with van der Waals surface area (Å²) in [5.74, 6) is 0.619. The summed E-state index contributed by atoms with van der Waals surface area (Å²) >= 11 is 3.35. The van der Waals surface area contributed by atoms with Crippen LogP contribution in [-0.4, -0.2) is 13.0 Å². The Hall–Kier alpha value is -3.56. The first kappa shape index (κ1) is 22.1. The molecule has 0 spiro atoms. The number of nitrogens with one attached hydrogen (secondary N) is 1. The number of rotatable bonds is 7. The lowest BCUT2D eigenvalue weighted by molar-refractivity contribution is -0.112. The van der Waals surface area contributed by atoms with Crippen molar-refractivity contribution >= 4 is 33.6 Å². The van der Waals surface area contributed by atoms with Crippen LogP contribution in [0.3, 0.4) is 0 Å². The SMILES string of the molecule is COc1cc(/C=C(/C#N)C(=O)Nc2ccc(Br)cc2)ccc1OCc1ccc(C)cc1. The average Bonchev–Trinajstić information content (AvgIpc) is 2.78. The van der Waals surface area contributed by atoms with Gasteiger partial charge in [0.25, 0.3) is 5.91 Å². The summed E-state index contributed by atoms with van der Waals surface area (Å²) in [6, 6.07) is 22.4. The Labute approximate surface area is 190 Å². The van der Waals surface area contributed by atoms with E-state index in [-0.39, 0.29) is 5.57 Å². The van der Waals surface area contributed by atoms with E-state index in [1.807, 2.05) is 49.4 Å². The molecule has 3 aromatic carbocycles. The number of hydrogen-bond donors (Lipinski definition) is 1. The quantitative estimate of drug-likeness (QED) is 0.340. The molecule has 1 N–H and O–H groups in total. The predicted octanol–water partition coefficient (Wildman–Crippen LogP) is 5.89. The minimum Gasteiger partial charge on any atom is -0.493 e. The van der Waals surface area contributed by atoms with Gasteiger partial charge in [-0.15, -0.1) is 0 Å². The number of benzene rings is 3. The summed E-state index contributed by atoms with van der Waals surface area (Å²) in [4.78, 5) is 12.5. The second-order valence-electron chi connectivity index (χ2n) is 6.82. The number of nitrogens with zero attached hydrogens (tertiary/aromatic N) is 1. The number of amides is 1. The van der Waals surface area contributed by atoms with E-state index >= 15 is 0 Å². The Morgan fingerprint density at radius 2 is 1.77 bits per heavy atom. The summed E-state index contributed by atoms with van der Waals surface area (Å²) in [6.45, 7) is 2.44. The highest BCUT2D eigenvalue weighted by atomic mass is 79.9. The largest absolute Gasteiger partial charge is 0.493 e. The zero-order chi connectivity index (χ0) is 22.2. The van der Waals surface area contributed by atoms with Crippen LogP contribution in [-0.2, 0) is 11.4 Å². The fraction of sp³-hybridized carbons (Fsp3) is 0.120. The van der Waals surface area contributed by atoms with E-state index in [2.05, 4.69) is 21.2 Å². The molecular formula is C25H21BrN2O3. The molecule has 156 valence electrons. The zero-order valence-electron chi connectivity index (χ0n) is 17.2. The molecule has 0 bridgehead atoms. The van der Waals surface area contributed by atoms with Crippen molar-refractivity contribution in [2.45, 2.75) is 13.5 Å². The van der Waals surface area contributed by atoms with Crippen LogP contribution in [0.4, 0.5) is 5.69 Å². The van der Waals surface area contributed by atoms with Gasteiger partial charge in [0.05, 0.1) is 7.11 Å². The fourth-order valence-corrected chi connectivity index (χ4v) is 3.05. The van der Waals surface area contributed by atoms with Crippen LogP contribution in [0.1, 0.15) is 16.7 Å². The molecule has 0 saturated heterocycles. The minimum absolute atomic E-state index is 0.0155. The number of carbonyl (C=O) groups is 1. The predicted molar refractivity (Wildman–Crippen MR) is 125 cm³/mol. The number of carbonyl (C=O) groups excluding carboxylic acids is 1. The summed E-state index contributed by atoms with van der Waals surface area (Å²) in [5, 5.41) is 12.2. The topological polar surface area (TPSA) is 71.3 Å². The molecule has 0 saturated carbocycles. The van der Waals surface area contributed by atoms with Gasteiger partial charge in [0, 0.05) is 10.2 Å². The van der Waals surface area contributed by atoms with Crippen molar-refractivity contribution in [2.24, 2.45) is 0 Å². The highest BCUT2D eigenvalue weighted by Crippen LogP contribution is 2.30. The number of nitriles is 1. The van der Waals surface area contributed by atoms with Crippen LogP contribution in [0.25, 0.3) is 6.08 Å². The molecule has 3 aromatic rings. The maximum Gasteiger partial charge on any atom is 0.266 e. The van der Waals surface area contributed by atoms with Gasteiger partial charge in [-0.05, 0) is 60.5 Å². The van der Waals surface area contributed by atoms with Crippen LogP contribution < -0.4 is 14.8 Å². The molecule has 0 radical (unpaired) electrons. The molecule has 6 heteroatoms. The van der Waals surface area contributed by atoms with Crippen LogP contribution >= 0.6 is 15.9 Å². The van der Waals surface area contributed by atoms with E-state index in [4.69, 9.17) is 9.47 Å². The van der Waals surface area contributed by atoms with Crippen LogP contribution in [0.2, 0.25) is 0 Å². The first-order valence-electron chi connectivity index (χ1n) is 9.53. The maximum absolute atomic E-state index is 12.5. The average molecular weight is 477 g/mol. The Morgan fingerprint density at radius 3 is 2.42 bits per heavy atom. The van der Waals surface area contributed by atoms with Gasteiger partial charge in [0.15, 0.2) is 11.5 Å². The highest BCUT2D eigenvalue weighted by Gasteiger charge is 2.11. The van der Waals surface area contributed by atoms with Crippen molar-refractivity contribution in [1.29, 1.82) is 5.26 Å². The van der Waals surface area contributed by atoms with Gasteiger partial charge in [-0.1, -0.05) is 51.8 Å². The van der Waals surface area contributed by atoms with E-state index in [1.54, 1.807) is 37.4 Å². The monoisotopic (exact) mass is 476 g/mol. The number of hydrogen-bond acceptors (Lipinski definition) is 4. The van der Waals surface area contributed by atoms with Gasteiger partial charge >= 0.3 is 0 Å². The second kappa shape index (κ2) is 10.5. The lowest BCUT2D eigenvalue weighted by atomic mass is 10.1. The first-order valence-corrected chi connectivity index (χ1v) is 10.3. The molecule has 0 heterocycles. The van der Waals surface area contributed by atoms with Gasteiger partial charge in [-0.25, -0.2) is 0 Å². The van der Waals surface area contributed by atoms with Crippen molar-refractivity contribution in [3.05, 3.63) is 93.5 Å².